The van der Waals surface area contributed by atoms with Crippen LogP contribution in [-0.4, -0.2) is 32.7 Å². The number of amides is 1. The molecule has 1 amide bonds. The number of nitrogens with one attached hydrogen (secondary N) is 1. The van der Waals surface area contributed by atoms with Crippen molar-refractivity contribution in [2.45, 2.75) is 56.0 Å². The van der Waals surface area contributed by atoms with Gasteiger partial charge in [0.15, 0.2) is 9.84 Å². The van der Waals surface area contributed by atoms with Gasteiger partial charge in [-0.05, 0) is 48.6 Å². The van der Waals surface area contributed by atoms with Gasteiger partial charge in [0.1, 0.15) is 12.1 Å². The largest absolute Gasteiger partial charge is 0.340 e. The molecule has 2 rings (SSSR count). The Morgan fingerprint density at radius 2 is 1.75 bits per heavy atom. The van der Waals surface area contributed by atoms with Gasteiger partial charge in [-0.1, -0.05) is 36.8 Å². The number of hydrogen-bond donors (Lipinski definition) is 2. The quantitative estimate of drug-likeness (QED) is 0.532. The number of carbonyl (C=O) groups is 1. The van der Waals surface area contributed by atoms with Gasteiger partial charge in [-0.3, -0.25) is 4.79 Å². The van der Waals surface area contributed by atoms with Crippen LogP contribution in [0.15, 0.2) is 47.4 Å². The molecule has 1 unspecified atom stereocenters. The Morgan fingerprint density at radius 3 is 2.31 bits per heavy atom. The summed E-state index contributed by atoms with van der Waals surface area (Å²) in [4.78, 5) is 12.1. The molecule has 0 saturated carbocycles. The summed E-state index contributed by atoms with van der Waals surface area (Å²) in [6.07, 6.45) is 4.29. The van der Waals surface area contributed by atoms with Gasteiger partial charge in [0.25, 0.3) is 0 Å². The number of sulfone groups is 1. The lowest BCUT2D eigenvalue weighted by atomic mass is 10.00. The Kier molecular flexibility index (Phi) is 8.95. The predicted molar refractivity (Wildman–Crippen MR) is 123 cm³/mol. The van der Waals surface area contributed by atoms with E-state index in [0.29, 0.717) is 18.4 Å². The summed E-state index contributed by atoms with van der Waals surface area (Å²) >= 11 is 0. The molecule has 3 N–H and O–H groups in total. The molecule has 0 saturated heterocycles. The van der Waals surface area contributed by atoms with Gasteiger partial charge in [0.05, 0.1) is 16.5 Å². The third-order valence-electron chi connectivity index (χ3n) is 5.03. The maximum Gasteiger partial charge on any atom is 0.221 e. The van der Waals surface area contributed by atoms with Crippen molar-refractivity contribution >= 4 is 15.7 Å². The van der Waals surface area contributed by atoms with E-state index in [1.54, 1.807) is 6.07 Å². The fourth-order valence-electron chi connectivity index (χ4n) is 3.32. The lowest BCUT2D eigenvalue weighted by Crippen LogP contribution is -2.35. The highest BCUT2D eigenvalue weighted by Gasteiger charge is 2.15. The summed E-state index contributed by atoms with van der Waals surface area (Å²) in [7, 11) is -3.53. The van der Waals surface area contributed by atoms with Crippen molar-refractivity contribution in [2.24, 2.45) is 5.73 Å². The van der Waals surface area contributed by atoms with Gasteiger partial charge in [0.2, 0.25) is 5.91 Å². The van der Waals surface area contributed by atoms with E-state index in [1.807, 2.05) is 37.3 Å². The van der Waals surface area contributed by atoms with Crippen molar-refractivity contribution in [2.75, 3.05) is 6.26 Å². The predicted octanol–water partition coefficient (Wildman–Crippen LogP) is 3.09. The average Bonchev–Trinajstić information content (AvgIpc) is 2.75. The van der Waals surface area contributed by atoms with E-state index in [4.69, 9.17) is 11.0 Å². The van der Waals surface area contributed by atoms with E-state index in [9.17, 15) is 18.5 Å². The molecule has 0 bridgehead atoms. The zero-order valence-electron chi connectivity index (χ0n) is 18.3. The molecule has 2 atom stereocenters. The second kappa shape index (κ2) is 11.4. The SMILES string of the molecule is C[C@H](N)CCCCC(=O)NC(C#N)Cc1ccc(-c2ccc(C#N)c(S(C)(=O)=O)c2)cc1. The van der Waals surface area contributed by atoms with Gasteiger partial charge in [-0.2, -0.15) is 10.5 Å². The fourth-order valence-corrected chi connectivity index (χ4v) is 4.17. The molecule has 0 spiro atoms. The smallest absolute Gasteiger partial charge is 0.221 e. The zero-order chi connectivity index (χ0) is 23.7. The van der Waals surface area contributed by atoms with Crippen LogP contribution < -0.4 is 11.1 Å². The topological polar surface area (TPSA) is 137 Å². The highest BCUT2D eigenvalue weighted by Crippen LogP contribution is 2.25. The Morgan fingerprint density at radius 1 is 1.09 bits per heavy atom. The van der Waals surface area contributed by atoms with Gasteiger partial charge in [0, 0.05) is 25.1 Å². The first kappa shape index (κ1) is 25.1. The molecule has 0 fully saturated rings. The molecule has 0 aliphatic heterocycles. The molecule has 168 valence electrons. The number of carbonyl (C=O) groups excluding carboxylic acids is 1. The Labute approximate surface area is 189 Å². The first-order chi connectivity index (χ1) is 15.1. The zero-order valence-corrected chi connectivity index (χ0v) is 19.2. The van der Waals surface area contributed by atoms with Crippen LogP contribution in [0.5, 0.6) is 0 Å². The first-order valence-electron chi connectivity index (χ1n) is 10.4. The summed E-state index contributed by atoms with van der Waals surface area (Å²) in [5.74, 6) is -0.149. The Bertz CT molecular complexity index is 1130. The molecule has 32 heavy (non-hydrogen) atoms. The molecular formula is C24H28N4O3S. The number of nitriles is 2. The van der Waals surface area contributed by atoms with E-state index in [0.717, 1.165) is 36.6 Å². The van der Waals surface area contributed by atoms with E-state index in [2.05, 4.69) is 11.4 Å². The van der Waals surface area contributed by atoms with Crippen LogP contribution in [0.2, 0.25) is 0 Å². The van der Waals surface area contributed by atoms with E-state index >= 15 is 0 Å². The lowest BCUT2D eigenvalue weighted by Gasteiger charge is -2.13. The van der Waals surface area contributed by atoms with Gasteiger partial charge < -0.3 is 11.1 Å². The van der Waals surface area contributed by atoms with Gasteiger partial charge >= 0.3 is 0 Å². The number of benzene rings is 2. The van der Waals surface area contributed by atoms with Gasteiger partial charge in [-0.25, -0.2) is 8.42 Å². The third-order valence-corrected chi connectivity index (χ3v) is 6.17. The van der Waals surface area contributed by atoms with Gasteiger partial charge in [-0.15, -0.1) is 0 Å². The molecule has 0 radical (unpaired) electrons. The minimum absolute atomic E-state index is 0.00486. The molecule has 0 aromatic heterocycles. The van der Waals surface area contributed by atoms with Crippen LogP contribution in [0.25, 0.3) is 11.1 Å². The van der Waals surface area contributed by atoms with Crippen LogP contribution in [0.1, 0.15) is 43.7 Å². The van der Waals surface area contributed by atoms with Crippen LogP contribution in [0.4, 0.5) is 0 Å². The van der Waals surface area contributed by atoms with E-state index in [-0.39, 0.29) is 22.4 Å². The van der Waals surface area contributed by atoms with Crippen molar-refractivity contribution in [1.29, 1.82) is 10.5 Å². The minimum Gasteiger partial charge on any atom is -0.340 e. The Hall–Kier alpha value is -3.20. The molecule has 8 heteroatoms. The number of nitrogens with zero attached hydrogens (tertiary/aromatic N) is 2. The highest BCUT2D eigenvalue weighted by molar-refractivity contribution is 7.90. The summed E-state index contributed by atoms with van der Waals surface area (Å²) in [5.41, 5.74) is 8.14. The highest BCUT2D eigenvalue weighted by atomic mass is 32.2. The Balaban J connectivity index is 2.04. The van der Waals surface area contributed by atoms with Crippen LogP contribution in [0, 0.1) is 22.7 Å². The number of rotatable bonds is 10. The first-order valence-corrected chi connectivity index (χ1v) is 12.3. The summed E-state index contributed by atoms with van der Waals surface area (Å²) < 4.78 is 24.0. The maximum absolute atomic E-state index is 12.1. The normalized spacial score (nSPS) is 12.9. The second-order valence-corrected chi connectivity index (χ2v) is 9.95. The van der Waals surface area contributed by atoms with Crippen LogP contribution in [-0.2, 0) is 21.1 Å². The molecule has 2 aromatic rings. The maximum atomic E-state index is 12.1. The molecule has 7 nitrogen and oxygen atoms in total. The average molecular weight is 453 g/mol. The number of hydrogen-bond acceptors (Lipinski definition) is 6. The van der Waals surface area contributed by atoms with Crippen molar-refractivity contribution in [1.82, 2.24) is 5.32 Å². The van der Waals surface area contributed by atoms with Crippen molar-refractivity contribution in [3.05, 3.63) is 53.6 Å². The van der Waals surface area contributed by atoms with Crippen molar-refractivity contribution < 1.29 is 13.2 Å². The molecule has 0 aliphatic carbocycles. The van der Waals surface area contributed by atoms with Crippen LogP contribution in [0.3, 0.4) is 0 Å². The molecule has 0 heterocycles. The second-order valence-electron chi connectivity index (χ2n) is 7.97. The minimum atomic E-state index is -3.53. The number of nitrogens with two attached hydrogens (primary N) is 1. The summed E-state index contributed by atoms with van der Waals surface area (Å²) in [6.45, 7) is 1.93. The van der Waals surface area contributed by atoms with Crippen molar-refractivity contribution in [3.8, 4) is 23.3 Å². The fraction of sp³-hybridized carbons (Fsp3) is 0.375. The lowest BCUT2D eigenvalue weighted by molar-refractivity contribution is -0.121. The van der Waals surface area contributed by atoms with Crippen LogP contribution >= 0.6 is 0 Å². The molecular weight excluding hydrogens is 424 g/mol. The summed E-state index contributed by atoms with van der Waals surface area (Å²) in [5, 5.41) is 21.3. The summed E-state index contributed by atoms with van der Waals surface area (Å²) in [6, 6.07) is 15.5. The van der Waals surface area contributed by atoms with E-state index in [1.165, 1.54) is 12.1 Å². The number of unbranched alkanes of at least 4 members (excludes halogenated alkanes) is 1. The standard InChI is InChI=1S/C24H28N4O3S/c1-17(27)5-3-4-6-24(29)28-22(16-26)13-18-7-9-19(10-8-18)20-11-12-21(15-25)23(14-20)32(2,30)31/h7-12,14,17,22H,3-6,13,27H2,1-2H3,(H,28,29)/t17-,22?/m0/s1. The molecule has 0 aliphatic rings. The monoisotopic (exact) mass is 452 g/mol. The van der Waals surface area contributed by atoms with E-state index < -0.39 is 15.9 Å². The van der Waals surface area contributed by atoms with Crippen molar-refractivity contribution in [3.63, 3.8) is 0 Å². The third kappa shape index (κ3) is 7.49. The molecule has 2 aromatic carbocycles.